The summed E-state index contributed by atoms with van der Waals surface area (Å²) < 4.78 is 0. The molecule has 0 saturated heterocycles. The Labute approximate surface area is 105 Å². The number of carboxylic acids is 3. The Morgan fingerprint density at radius 3 is 1.56 bits per heavy atom. The highest BCUT2D eigenvalue weighted by atomic mass is 16.4. The number of aliphatic carboxylic acids is 3. The van der Waals surface area contributed by atoms with Crippen molar-refractivity contribution >= 4 is 17.9 Å². The SMILES string of the molecule is CC(C)C1CC(C(=O)O)C(C(=O)O)CC1C(=O)O. The van der Waals surface area contributed by atoms with Gasteiger partial charge in [-0.15, -0.1) is 0 Å². The zero-order valence-corrected chi connectivity index (χ0v) is 10.4. The summed E-state index contributed by atoms with van der Waals surface area (Å²) in [6.07, 6.45) is 0.00537. The van der Waals surface area contributed by atoms with Crippen LogP contribution in [-0.2, 0) is 14.4 Å². The van der Waals surface area contributed by atoms with Gasteiger partial charge < -0.3 is 15.3 Å². The van der Waals surface area contributed by atoms with Crippen molar-refractivity contribution < 1.29 is 29.7 Å². The summed E-state index contributed by atoms with van der Waals surface area (Å²) in [7, 11) is 0. The second-order valence-corrected chi connectivity index (χ2v) is 5.21. The summed E-state index contributed by atoms with van der Waals surface area (Å²) in [6, 6.07) is 0. The van der Waals surface area contributed by atoms with Gasteiger partial charge in [-0.3, -0.25) is 14.4 Å². The lowest BCUT2D eigenvalue weighted by atomic mass is 9.65. The molecule has 4 unspecified atom stereocenters. The smallest absolute Gasteiger partial charge is 0.307 e. The fourth-order valence-electron chi connectivity index (χ4n) is 2.80. The molecule has 6 heteroatoms. The Hall–Kier alpha value is -1.59. The molecule has 1 aliphatic rings. The van der Waals surface area contributed by atoms with E-state index in [1.807, 2.05) is 13.8 Å². The van der Waals surface area contributed by atoms with Crippen molar-refractivity contribution in [1.82, 2.24) is 0 Å². The van der Waals surface area contributed by atoms with E-state index in [4.69, 9.17) is 15.3 Å². The van der Waals surface area contributed by atoms with Gasteiger partial charge in [-0.05, 0) is 24.7 Å². The molecule has 102 valence electrons. The van der Waals surface area contributed by atoms with Crippen LogP contribution in [0.1, 0.15) is 26.7 Å². The van der Waals surface area contributed by atoms with Gasteiger partial charge in [0.2, 0.25) is 0 Å². The molecule has 0 aliphatic heterocycles. The van der Waals surface area contributed by atoms with Crippen LogP contribution in [0, 0.1) is 29.6 Å². The van der Waals surface area contributed by atoms with Crippen LogP contribution in [0.15, 0.2) is 0 Å². The number of carboxylic acid groups (broad SMARTS) is 3. The molecule has 4 atom stereocenters. The maximum absolute atomic E-state index is 11.2. The highest BCUT2D eigenvalue weighted by Gasteiger charge is 2.47. The Balaban J connectivity index is 3.02. The molecule has 0 spiro atoms. The molecule has 18 heavy (non-hydrogen) atoms. The van der Waals surface area contributed by atoms with E-state index in [1.54, 1.807) is 0 Å². The predicted octanol–water partition coefficient (Wildman–Crippen LogP) is 1.15. The van der Waals surface area contributed by atoms with E-state index in [9.17, 15) is 14.4 Å². The van der Waals surface area contributed by atoms with Gasteiger partial charge in [0, 0.05) is 0 Å². The minimum atomic E-state index is -1.23. The van der Waals surface area contributed by atoms with Crippen LogP contribution in [-0.4, -0.2) is 33.2 Å². The first-order valence-electron chi connectivity index (χ1n) is 5.94. The maximum atomic E-state index is 11.2. The van der Waals surface area contributed by atoms with Gasteiger partial charge in [0.25, 0.3) is 0 Å². The fraction of sp³-hybridized carbons (Fsp3) is 0.750. The summed E-state index contributed by atoms with van der Waals surface area (Å²) in [6.45, 7) is 3.67. The molecule has 1 fully saturated rings. The molecule has 0 radical (unpaired) electrons. The van der Waals surface area contributed by atoms with Gasteiger partial charge >= 0.3 is 17.9 Å². The zero-order chi connectivity index (χ0) is 14.0. The first-order chi connectivity index (χ1) is 8.25. The molecule has 0 amide bonds. The van der Waals surface area contributed by atoms with E-state index >= 15 is 0 Å². The van der Waals surface area contributed by atoms with Crippen molar-refractivity contribution in [2.75, 3.05) is 0 Å². The molecule has 1 saturated carbocycles. The second kappa shape index (κ2) is 5.37. The van der Waals surface area contributed by atoms with Crippen LogP contribution in [0.4, 0.5) is 0 Å². The quantitative estimate of drug-likeness (QED) is 0.697. The Bertz CT molecular complexity index is 362. The van der Waals surface area contributed by atoms with E-state index < -0.39 is 35.7 Å². The van der Waals surface area contributed by atoms with E-state index in [2.05, 4.69) is 0 Å². The first kappa shape index (κ1) is 14.5. The molecular formula is C12H18O6. The molecule has 0 aromatic rings. The molecule has 0 bridgehead atoms. The van der Waals surface area contributed by atoms with Gasteiger partial charge in [0.05, 0.1) is 17.8 Å². The van der Waals surface area contributed by atoms with Crippen LogP contribution in [0.2, 0.25) is 0 Å². The largest absolute Gasteiger partial charge is 0.481 e. The van der Waals surface area contributed by atoms with Gasteiger partial charge in [0.15, 0.2) is 0 Å². The van der Waals surface area contributed by atoms with E-state index in [0.717, 1.165) is 0 Å². The zero-order valence-electron chi connectivity index (χ0n) is 10.4. The van der Waals surface area contributed by atoms with Crippen LogP contribution in [0.5, 0.6) is 0 Å². The summed E-state index contributed by atoms with van der Waals surface area (Å²) in [4.78, 5) is 33.3. The van der Waals surface area contributed by atoms with E-state index in [1.165, 1.54) is 0 Å². The van der Waals surface area contributed by atoms with Crippen LogP contribution in [0.3, 0.4) is 0 Å². The molecule has 1 aliphatic carbocycles. The number of hydrogen-bond acceptors (Lipinski definition) is 3. The molecule has 0 heterocycles. The molecular weight excluding hydrogens is 240 g/mol. The lowest BCUT2D eigenvalue weighted by Crippen LogP contribution is -2.43. The molecule has 3 N–H and O–H groups in total. The average molecular weight is 258 g/mol. The lowest BCUT2D eigenvalue weighted by Gasteiger charge is -2.38. The van der Waals surface area contributed by atoms with Crippen molar-refractivity contribution in [2.45, 2.75) is 26.7 Å². The van der Waals surface area contributed by atoms with Crippen LogP contribution < -0.4 is 0 Å². The Kier molecular flexibility index (Phi) is 4.32. The standard InChI is InChI=1S/C12H18O6/c1-5(2)6-3-8(11(15)16)9(12(17)18)4-7(6)10(13)14/h5-9H,3-4H2,1-2H3,(H,13,14)(H,15,16)(H,17,18). The summed E-state index contributed by atoms with van der Waals surface area (Å²) in [5.41, 5.74) is 0. The minimum Gasteiger partial charge on any atom is -0.481 e. The summed E-state index contributed by atoms with van der Waals surface area (Å²) in [5.74, 6) is -6.58. The Morgan fingerprint density at radius 1 is 0.833 bits per heavy atom. The number of carbonyl (C=O) groups is 3. The molecule has 1 rings (SSSR count). The van der Waals surface area contributed by atoms with Gasteiger partial charge in [-0.1, -0.05) is 13.8 Å². The van der Waals surface area contributed by atoms with Gasteiger partial charge in [0.1, 0.15) is 0 Å². The summed E-state index contributed by atoms with van der Waals surface area (Å²) in [5, 5.41) is 27.2. The van der Waals surface area contributed by atoms with Crippen molar-refractivity contribution in [3.8, 4) is 0 Å². The van der Waals surface area contributed by atoms with Crippen molar-refractivity contribution in [2.24, 2.45) is 29.6 Å². The highest BCUT2D eigenvalue weighted by molar-refractivity contribution is 5.81. The maximum Gasteiger partial charge on any atom is 0.307 e. The third-order valence-corrected chi connectivity index (χ3v) is 3.84. The van der Waals surface area contributed by atoms with Gasteiger partial charge in [-0.25, -0.2) is 0 Å². The third kappa shape index (κ3) is 2.80. The van der Waals surface area contributed by atoms with Crippen molar-refractivity contribution in [1.29, 1.82) is 0 Å². The molecule has 0 aromatic carbocycles. The first-order valence-corrected chi connectivity index (χ1v) is 5.94. The van der Waals surface area contributed by atoms with Gasteiger partial charge in [-0.2, -0.15) is 0 Å². The highest BCUT2D eigenvalue weighted by Crippen LogP contribution is 2.42. The number of rotatable bonds is 4. The minimum absolute atomic E-state index is 0.0164. The fourth-order valence-corrected chi connectivity index (χ4v) is 2.80. The predicted molar refractivity (Wildman–Crippen MR) is 60.9 cm³/mol. The van der Waals surface area contributed by atoms with Crippen molar-refractivity contribution in [3.05, 3.63) is 0 Å². The topological polar surface area (TPSA) is 112 Å². The van der Waals surface area contributed by atoms with Crippen LogP contribution in [0.25, 0.3) is 0 Å². The second-order valence-electron chi connectivity index (χ2n) is 5.21. The Morgan fingerprint density at radius 2 is 1.22 bits per heavy atom. The molecule has 6 nitrogen and oxygen atoms in total. The van der Waals surface area contributed by atoms with Crippen LogP contribution >= 0.6 is 0 Å². The summed E-state index contributed by atoms with van der Waals surface area (Å²) >= 11 is 0. The van der Waals surface area contributed by atoms with Crippen molar-refractivity contribution in [3.63, 3.8) is 0 Å². The average Bonchev–Trinajstić information content (AvgIpc) is 2.26. The van der Waals surface area contributed by atoms with E-state index in [-0.39, 0.29) is 24.7 Å². The number of hydrogen-bond donors (Lipinski definition) is 3. The lowest BCUT2D eigenvalue weighted by molar-refractivity contribution is -0.163. The monoisotopic (exact) mass is 258 g/mol. The molecule has 0 aromatic heterocycles. The normalized spacial score (nSPS) is 32.2. The van der Waals surface area contributed by atoms with E-state index in [0.29, 0.717) is 0 Å². The third-order valence-electron chi connectivity index (χ3n) is 3.84.